The predicted octanol–water partition coefficient (Wildman–Crippen LogP) is 2.73. The Morgan fingerprint density at radius 2 is 1.94 bits per heavy atom. The Kier molecular flexibility index (Phi) is 6.67. The van der Waals surface area contributed by atoms with Crippen molar-refractivity contribution in [3.63, 3.8) is 0 Å². The van der Waals surface area contributed by atoms with Crippen LogP contribution >= 0.6 is 11.6 Å². The van der Waals surface area contributed by atoms with E-state index in [4.69, 9.17) is 16.3 Å². The van der Waals surface area contributed by atoms with Crippen LogP contribution in [-0.2, 0) is 9.53 Å². The maximum absolute atomic E-state index is 13.2. The van der Waals surface area contributed by atoms with E-state index < -0.39 is 5.97 Å². The number of nitrogens with one attached hydrogen (secondary N) is 3. The Morgan fingerprint density at radius 3 is 2.66 bits per heavy atom. The summed E-state index contributed by atoms with van der Waals surface area (Å²) in [6.45, 7) is 7.30. The van der Waals surface area contributed by atoms with Crippen molar-refractivity contribution >= 4 is 45.8 Å². The van der Waals surface area contributed by atoms with Crippen LogP contribution < -0.4 is 15.1 Å². The van der Waals surface area contributed by atoms with Crippen molar-refractivity contribution in [2.24, 2.45) is 0 Å². The zero-order valence-electron chi connectivity index (χ0n) is 18.3. The average Bonchev–Trinajstić information content (AvgIpc) is 3.17. The van der Waals surface area contributed by atoms with Gasteiger partial charge >= 0.3 is 5.97 Å². The number of piperazine rings is 1. The fraction of sp³-hybridized carbons (Fsp3) is 0.333. The van der Waals surface area contributed by atoms with Gasteiger partial charge in [0.1, 0.15) is 5.69 Å². The molecule has 4 rings (SSSR count). The van der Waals surface area contributed by atoms with Crippen molar-refractivity contribution in [1.29, 1.82) is 0 Å². The number of anilines is 2. The summed E-state index contributed by atoms with van der Waals surface area (Å²) in [5, 5.41) is 4.51. The molecule has 1 atom stereocenters. The number of hydrogen-bond donors (Lipinski definition) is 3. The van der Waals surface area contributed by atoms with E-state index in [0.29, 0.717) is 5.69 Å². The Morgan fingerprint density at radius 1 is 1.19 bits per heavy atom. The quantitative estimate of drug-likeness (QED) is 0.499. The molecule has 32 heavy (non-hydrogen) atoms. The van der Waals surface area contributed by atoms with Crippen molar-refractivity contribution in [3.8, 4) is 0 Å². The molecule has 0 radical (unpaired) electrons. The molecule has 1 amide bonds. The molecular weight excluding hydrogens is 428 g/mol. The van der Waals surface area contributed by atoms with Crippen molar-refractivity contribution in [2.45, 2.75) is 19.9 Å². The fourth-order valence-electron chi connectivity index (χ4n) is 4.20. The maximum Gasteiger partial charge on any atom is 0.356 e. The molecule has 1 aromatic heterocycles. The molecule has 2 aromatic carbocycles. The highest BCUT2D eigenvalue weighted by molar-refractivity contribution is 6.30. The van der Waals surface area contributed by atoms with Crippen molar-refractivity contribution in [3.05, 3.63) is 59.2 Å². The summed E-state index contributed by atoms with van der Waals surface area (Å²) in [6, 6.07) is 15.1. The molecular formula is C24H28ClN4O3+. The van der Waals surface area contributed by atoms with E-state index >= 15 is 0 Å². The molecule has 0 unspecified atom stereocenters. The van der Waals surface area contributed by atoms with Crippen LogP contribution in [0, 0.1) is 0 Å². The fourth-order valence-corrected chi connectivity index (χ4v) is 4.39. The smallest absolute Gasteiger partial charge is 0.356 e. The molecule has 3 aromatic rings. The molecule has 8 heteroatoms. The lowest BCUT2D eigenvalue weighted by molar-refractivity contribution is -0.914. The van der Waals surface area contributed by atoms with Crippen molar-refractivity contribution in [2.75, 3.05) is 43.0 Å². The molecule has 1 aliphatic heterocycles. The van der Waals surface area contributed by atoms with Gasteiger partial charge in [-0.25, -0.2) is 4.79 Å². The lowest BCUT2D eigenvalue weighted by atomic mass is 10.1. The van der Waals surface area contributed by atoms with Crippen LogP contribution in [0.3, 0.4) is 0 Å². The third kappa shape index (κ3) is 4.59. The molecule has 0 saturated carbocycles. The first-order valence-corrected chi connectivity index (χ1v) is 11.3. The molecule has 3 N–H and O–H groups in total. The second-order valence-electron chi connectivity index (χ2n) is 7.98. The number of quaternary nitrogens is 1. The van der Waals surface area contributed by atoms with Gasteiger partial charge < -0.3 is 24.8 Å². The molecule has 2 heterocycles. The van der Waals surface area contributed by atoms with Gasteiger partial charge in [0.2, 0.25) is 0 Å². The van der Waals surface area contributed by atoms with Gasteiger partial charge in [-0.3, -0.25) is 4.79 Å². The summed E-state index contributed by atoms with van der Waals surface area (Å²) in [5.41, 5.74) is 2.63. The highest BCUT2D eigenvalue weighted by Gasteiger charge is 2.31. The number of halogens is 1. The van der Waals surface area contributed by atoms with Gasteiger partial charge in [-0.15, -0.1) is 0 Å². The minimum absolute atomic E-state index is 0.119. The number of carbonyl (C=O) groups excluding carboxylic acids is 2. The first kappa shape index (κ1) is 22.2. The number of rotatable bonds is 6. The van der Waals surface area contributed by atoms with E-state index in [0.717, 1.165) is 47.8 Å². The van der Waals surface area contributed by atoms with E-state index in [2.05, 4.69) is 21.3 Å². The number of ether oxygens (including phenoxy) is 1. The maximum atomic E-state index is 13.2. The van der Waals surface area contributed by atoms with Gasteiger partial charge in [0, 0.05) is 21.6 Å². The molecule has 1 aliphatic rings. The van der Waals surface area contributed by atoms with E-state index in [1.54, 1.807) is 6.92 Å². The number of nitrogens with zero attached hydrogens (tertiary/aromatic N) is 1. The molecule has 1 saturated heterocycles. The van der Waals surface area contributed by atoms with E-state index in [-0.39, 0.29) is 24.2 Å². The third-order valence-electron chi connectivity index (χ3n) is 6.02. The van der Waals surface area contributed by atoms with Crippen molar-refractivity contribution in [1.82, 2.24) is 4.98 Å². The van der Waals surface area contributed by atoms with Crippen molar-refractivity contribution < 1.29 is 19.2 Å². The molecule has 1 fully saturated rings. The average molecular weight is 456 g/mol. The number of benzene rings is 2. The summed E-state index contributed by atoms with van der Waals surface area (Å²) in [4.78, 5) is 32.2. The van der Waals surface area contributed by atoms with E-state index in [9.17, 15) is 9.59 Å². The number of esters is 1. The van der Waals surface area contributed by atoms with Crippen LogP contribution in [0.4, 0.5) is 11.4 Å². The van der Waals surface area contributed by atoms with Crippen LogP contribution in [0.2, 0.25) is 5.02 Å². The number of amides is 1. The van der Waals surface area contributed by atoms with Gasteiger partial charge in [0.25, 0.3) is 5.91 Å². The molecule has 168 valence electrons. The Balaban J connectivity index is 1.46. The van der Waals surface area contributed by atoms with Gasteiger partial charge in [-0.1, -0.05) is 35.9 Å². The standard InChI is InChI=1S/C24H27ClN4O3/c1-3-32-24(31)22-21(19-9-4-5-10-20(19)26-22)27-23(30)16(2)28-11-13-29(14-12-28)18-8-6-7-17(25)15-18/h4-10,15-16,26H,3,11-14H2,1-2H3,(H,27,30)/p+1/t16-/m0/s1. The second kappa shape index (κ2) is 9.63. The van der Waals surface area contributed by atoms with Crippen LogP contribution in [0.5, 0.6) is 0 Å². The number of aromatic amines is 1. The lowest BCUT2D eigenvalue weighted by Crippen LogP contribution is -3.19. The largest absolute Gasteiger partial charge is 0.461 e. The zero-order chi connectivity index (χ0) is 22.7. The molecule has 0 bridgehead atoms. The topological polar surface area (TPSA) is 78.9 Å². The number of carbonyl (C=O) groups is 2. The van der Waals surface area contributed by atoms with Gasteiger partial charge in [-0.05, 0) is 38.1 Å². The third-order valence-corrected chi connectivity index (χ3v) is 6.25. The Hall–Kier alpha value is -3.03. The van der Waals surface area contributed by atoms with E-state index in [1.807, 2.05) is 49.4 Å². The van der Waals surface area contributed by atoms with E-state index in [1.165, 1.54) is 4.90 Å². The summed E-state index contributed by atoms with van der Waals surface area (Å²) in [6.07, 6.45) is 0. The van der Waals surface area contributed by atoms with Gasteiger partial charge in [-0.2, -0.15) is 0 Å². The summed E-state index contributed by atoms with van der Waals surface area (Å²) in [5.74, 6) is -0.597. The van der Waals surface area contributed by atoms with Crippen LogP contribution in [0.25, 0.3) is 10.9 Å². The minimum atomic E-state index is -0.478. The molecule has 0 spiro atoms. The van der Waals surface area contributed by atoms with Gasteiger partial charge in [0.15, 0.2) is 6.04 Å². The van der Waals surface area contributed by atoms with Crippen LogP contribution in [0.15, 0.2) is 48.5 Å². The highest BCUT2D eigenvalue weighted by Crippen LogP contribution is 2.28. The summed E-state index contributed by atoms with van der Waals surface area (Å²) < 4.78 is 5.18. The highest BCUT2D eigenvalue weighted by atomic mass is 35.5. The summed E-state index contributed by atoms with van der Waals surface area (Å²) >= 11 is 6.13. The number of hydrogen-bond acceptors (Lipinski definition) is 4. The second-order valence-corrected chi connectivity index (χ2v) is 8.41. The first-order valence-electron chi connectivity index (χ1n) is 10.9. The first-order chi connectivity index (χ1) is 15.5. The number of aromatic nitrogens is 1. The SMILES string of the molecule is CCOC(=O)c1[nH]c2ccccc2c1NC(=O)[C@H](C)[NH+]1CCN(c2cccc(Cl)c2)CC1. The van der Waals surface area contributed by atoms with Crippen LogP contribution in [0.1, 0.15) is 24.3 Å². The van der Waals surface area contributed by atoms with Crippen LogP contribution in [-0.4, -0.2) is 55.7 Å². The number of para-hydroxylation sites is 1. The lowest BCUT2D eigenvalue weighted by Gasteiger charge is -2.36. The normalized spacial score (nSPS) is 15.5. The number of fused-ring (bicyclic) bond motifs is 1. The minimum Gasteiger partial charge on any atom is -0.461 e. The molecule has 7 nitrogen and oxygen atoms in total. The van der Waals surface area contributed by atoms with Gasteiger partial charge in [0.05, 0.1) is 38.5 Å². The monoisotopic (exact) mass is 455 g/mol. The molecule has 0 aliphatic carbocycles. The zero-order valence-corrected chi connectivity index (χ0v) is 19.0. The predicted molar refractivity (Wildman–Crippen MR) is 127 cm³/mol. The Labute approximate surface area is 192 Å². The number of H-pyrrole nitrogens is 1. The summed E-state index contributed by atoms with van der Waals surface area (Å²) in [7, 11) is 0. The Bertz CT molecular complexity index is 1120.